The number of carbonyl (C=O) groups excluding carboxylic acids is 2. The van der Waals surface area contributed by atoms with Gasteiger partial charge in [-0.2, -0.15) is 10.2 Å². The molecule has 0 aliphatic carbocycles. The summed E-state index contributed by atoms with van der Waals surface area (Å²) < 4.78 is 16.5. The van der Waals surface area contributed by atoms with Crippen molar-refractivity contribution in [1.29, 1.82) is 0 Å². The van der Waals surface area contributed by atoms with E-state index in [1.165, 1.54) is 29.1 Å². The molecule has 0 radical (unpaired) electrons. The van der Waals surface area contributed by atoms with Gasteiger partial charge >= 0.3 is 0 Å². The molecule has 0 aliphatic rings. The zero-order valence-corrected chi connectivity index (χ0v) is 18.2. The predicted octanol–water partition coefficient (Wildman–Crippen LogP) is 4.10. The number of nitrogens with zero attached hydrogens (tertiary/aromatic N) is 4. The third-order valence-electron chi connectivity index (χ3n) is 4.84. The van der Waals surface area contributed by atoms with Crippen molar-refractivity contribution in [2.75, 3.05) is 10.6 Å². The lowest BCUT2D eigenvalue weighted by Crippen LogP contribution is -2.19. The Kier molecular flexibility index (Phi) is 6.30. The highest BCUT2D eigenvalue weighted by Crippen LogP contribution is 2.19. The van der Waals surface area contributed by atoms with Gasteiger partial charge in [-0.3, -0.25) is 14.3 Å². The lowest BCUT2D eigenvalue weighted by Gasteiger charge is -2.10. The number of hydrogen-bond acceptors (Lipinski definition) is 4. The van der Waals surface area contributed by atoms with Crippen molar-refractivity contribution in [3.63, 3.8) is 0 Å². The first-order valence-corrected chi connectivity index (χ1v) is 10.4. The first-order valence-electron chi connectivity index (χ1n) is 10.4. The molecule has 0 saturated heterocycles. The summed E-state index contributed by atoms with van der Waals surface area (Å²) in [6.07, 6.45) is 3.16. The van der Waals surface area contributed by atoms with Gasteiger partial charge in [-0.1, -0.05) is 44.2 Å². The number of halogens is 1. The molecule has 9 heteroatoms. The highest BCUT2D eigenvalue weighted by molar-refractivity contribution is 6.04. The molecule has 0 atom stereocenters. The van der Waals surface area contributed by atoms with Crippen molar-refractivity contribution < 1.29 is 14.0 Å². The van der Waals surface area contributed by atoms with E-state index in [2.05, 4.69) is 20.8 Å². The number of nitrogens with one attached hydrogen (secondary N) is 2. The summed E-state index contributed by atoms with van der Waals surface area (Å²) in [7, 11) is 0. The number of amides is 2. The van der Waals surface area contributed by atoms with Crippen LogP contribution in [0.4, 0.5) is 15.9 Å². The molecule has 4 aromatic rings. The minimum absolute atomic E-state index is 0.135. The number of para-hydroxylation sites is 1. The first-order chi connectivity index (χ1) is 15.9. The van der Waals surface area contributed by atoms with E-state index >= 15 is 0 Å². The summed E-state index contributed by atoms with van der Waals surface area (Å²) >= 11 is 0. The topological polar surface area (TPSA) is 93.8 Å². The van der Waals surface area contributed by atoms with Crippen LogP contribution in [0.15, 0.2) is 73.1 Å². The van der Waals surface area contributed by atoms with Gasteiger partial charge in [-0.15, -0.1) is 0 Å². The van der Waals surface area contributed by atoms with Crippen LogP contribution in [0.3, 0.4) is 0 Å². The molecule has 0 fully saturated rings. The standard InChI is InChI=1S/C24H23FN6O2/c1-16(2)23(32)28-22-12-21(29-31(22)20-9-4-3-5-10-20)24(33)27-19-13-26-30(15-19)14-17-7-6-8-18(25)11-17/h3-13,15-16H,14H2,1-2H3,(H,27,33)(H,28,32). The van der Waals surface area contributed by atoms with Crippen LogP contribution in [0.1, 0.15) is 29.9 Å². The zero-order valence-electron chi connectivity index (χ0n) is 18.2. The number of hydrogen-bond donors (Lipinski definition) is 2. The molecule has 8 nitrogen and oxygen atoms in total. The van der Waals surface area contributed by atoms with Crippen LogP contribution in [0.25, 0.3) is 5.69 Å². The maximum atomic E-state index is 13.4. The Labute approximate surface area is 190 Å². The van der Waals surface area contributed by atoms with E-state index < -0.39 is 5.91 Å². The van der Waals surface area contributed by atoms with Crippen molar-refractivity contribution in [2.45, 2.75) is 20.4 Å². The Bertz CT molecular complexity index is 1280. The normalized spacial score (nSPS) is 10.9. The molecule has 0 spiro atoms. The molecule has 4 rings (SSSR count). The second-order valence-electron chi connectivity index (χ2n) is 7.82. The van der Waals surface area contributed by atoms with Gasteiger partial charge < -0.3 is 10.6 Å². The molecule has 0 bridgehead atoms. The summed E-state index contributed by atoms with van der Waals surface area (Å²) in [5.74, 6) is -0.785. The number of benzene rings is 2. The third kappa shape index (κ3) is 5.32. The molecular weight excluding hydrogens is 423 g/mol. The smallest absolute Gasteiger partial charge is 0.276 e. The molecule has 0 unspecified atom stereocenters. The van der Waals surface area contributed by atoms with E-state index in [9.17, 15) is 14.0 Å². The fraction of sp³-hybridized carbons (Fsp3) is 0.167. The number of aromatic nitrogens is 4. The van der Waals surface area contributed by atoms with Crippen LogP contribution in [0.2, 0.25) is 0 Å². The SMILES string of the molecule is CC(C)C(=O)Nc1cc(C(=O)Nc2cnn(Cc3cccc(F)c3)c2)nn1-c1ccccc1. The van der Waals surface area contributed by atoms with E-state index in [0.29, 0.717) is 23.7 Å². The van der Waals surface area contributed by atoms with Crippen LogP contribution in [0.5, 0.6) is 0 Å². The third-order valence-corrected chi connectivity index (χ3v) is 4.84. The maximum absolute atomic E-state index is 13.4. The van der Waals surface area contributed by atoms with Crippen LogP contribution >= 0.6 is 0 Å². The van der Waals surface area contributed by atoms with E-state index in [4.69, 9.17) is 0 Å². The van der Waals surface area contributed by atoms with Gasteiger partial charge in [-0.05, 0) is 29.8 Å². The number of anilines is 2. The fourth-order valence-corrected chi connectivity index (χ4v) is 3.15. The van der Waals surface area contributed by atoms with Crippen molar-refractivity contribution in [1.82, 2.24) is 19.6 Å². The summed E-state index contributed by atoms with van der Waals surface area (Å²) in [6, 6.07) is 17.0. The van der Waals surface area contributed by atoms with Crippen LogP contribution < -0.4 is 10.6 Å². The van der Waals surface area contributed by atoms with Gasteiger partial charge in [0, 0.05) is 18.2 Å². The molecule has 2 amide bonds. The molecule has 0 aliphatic heterocycles. The van der Waals surface area contributed by atoms with Crippen LogP contribution in [-0.4, -0.2) is 31.4 Å². The molecule has 2 heterocycles. The average Bonchev–Trinajstić information content (AvgIpc) is 3.41. The molecular formula is C24H23FN6O2. The van der Waals surface area contributed by atoms with Gasteiger partial charge in [0.25, 0.3) is 5.91 Å². The molecule has 2 aromatic heterocycles. The molecule has 2 N–H and O–H groups in total. The Balaban J connectivity index is 1.53. The number of rotatable bonds is 7. The summed E-state index contributed by atoms with van der Waals surface area (Å²) in [5.41, 5.74) is 2.07. The Morgan fingerprint density at radius 3 is 2.55 bits per heavy atom. The highest BCUT2D eigenvalue weighted by Gasteiger charge is 2.19. The van der Waals surface area contributed by atoms with E-state index in [0.717, 1.165) is 5.56 Å². The van der Waals surface area contributed by atoms with Gasteiger partial charge in [0.05, 0.1) is 24.1 Å². The van der Waals surface area contributed by atoms with E-state index in [1.54, 1.807) is 36.9 Å². The van der Waals surface area contributed by atoms with Gasteiger partial charge in [-0.25, -0.2) is 9.07 Å². The van der Waals surface area contributed by atoms with Crippen LogP contribution in [-0.2, 0) is 11.3 Å². The molecule has 33 heavy (non-hydrogen) atoms. The Hall–Kier alpha value is -4.27. The van der Waals surface area contributed by atoms with Crippen molar-refractivity contribution >= 4 is 23.3 Å². The molecule has 168 valence electrons. The van der Waals surface area contributed by atoms with Gasteiger partial charge in [0.1, 0.15) is 11.6 Å². The zero-order chi connectivity index (χ0) is 23.4. The maximum Gasteiger partial charge on any atom is 0.276 e. The van der Waals surface area contributed by atoms with Crippen molar-refractivity contribution in [3.05, 3.63) is 90.1 Å². The predicted molar refractivity (Wildman–Crippen MR) is 123 cm³/mol. The summed E-state index contributed by atoms with van der Waals surface area (Å²) in [6.45, 7) is 3.93. The second kappa shape index (κ2) is 9.47. The average molecular weight is 446 g/mol. The monoisotopic (exact) mass is 446 g/mol. The Morgan fingerprint density at radius 2 is 1.82 bits per heavy atom. The van der Waals surface area contributed by atoms with Gasteiger partial charge in [0.2, 0.25) is 5.91 Å². The second-order valence-corrected chi connectivity index (χ2v) is 7.82. The lowest BCUT2D eigenvalue weighted by molar-refractivity contribution is -0.118. The van der Waals surface area contributed by atoms with E-state index in [-0.39, 0.29) is 23.3 Å². The molecule has 2 aromatic carbocycles. The van der Waals surface area contributed by atoms with Crippen molar-refractivity contribution in [2.24, 2.45) is 5.92 Å². The highest BCUT2D eigenvalue weighted by atomic mass is 19.1. The van der Waals surface area contributed by atoms with Crippen molar-refractivity contribution in [3.8, 4) is 5.69 Å². The molecule has 0 saturated carbocycles. The minimum atomic E-state index is -0.449. The number of carbonyl (C=O) groups is 2. The van der Waals surface area contributed by atoms with E-state index in [1.807, 2.05) is 30.3 Å². The lowest BCUT2D eigenvalue weighted by atomic mass is 10.2. The van der Waals surface area contributed by atoms with Crippen LogP contribution in [0, 0.1) is 11.7 Å². The quantitative estimate of drug-likeness (QED) is 0.447. The fourth-order valence-electron chi connectivity index (χ4n) is 3.15. The first kappa shape index (κ1) is 21.9. The van der Waals surface area contributed by atoms with Gasteiger partial charge in [0.15, 0.2) is 5.69 Å². The minimum Gasteiger partial charge on any atom is -0.318 e. The Morgan fingerprint density at radius 1 is 1.03 bits per heavy atom. The summed E-state index contributed by atoms with van der Waals surface area (Å²) in [5, 5.41) is 14.2. The summed E-state index contributed by atoms with van der Waals surface area (Å²) in [4.78, 5) is 25.1. The largest absolute Gasteiger partial charge is 0.318 e.